The summed E-state index contributed by atoms with van der Waals surface area (Å²) >= 11 is 0. The normalized spacial score (nSPS) is 14.6. The second kappa shape index (κ2) is 3.73. The molecule has 0 saturated heterocycles. The van der Waals surface area contributed by atoms with Gasteiger partial charge < -0.3 is 0 Å². The Labute approximate surface area is 92.0 Å². The Kier molecular flexibility index (Phi) is 2.10. The van der Waals surface area contributed by atoms with E-state index in [0.29, 0.717) is 0 Å². The van der Waals surface area contributed by atoms with Gasteiger partial charge in [-0.05, 0) is 6.07 Å². The second-order valence-electron chi connectivity index (χ2n) is 3.39. The summed E-state index contributed by atoms with van der Waals surface area (Å²) in [5, 5.41) is 20.6. The summed E-state index contributed by atoms with van der Waals surface area (Å²) in [5.74, 6) is 0. The minimum absolute atomic E-state index is 0.798. The lowest BCUT2D eigenvalue weighted by molar-refractivity contribution is 0.900. The topological polar surface area (TPSA) is 70.1 Å². The van der Waals surface area contributed by atoms with Crippen LogP contribution in [0.15, 0.2) is 23.6 Å². The summed E-state index contributed by atoms with van der Waals surface area (Å²) in [7, 11) is 0. The quantitative estimate of drug-likeness (QED) is 0.803. The zero-order valence-electron chi connectivity index (χ0n) is 8.46. The van der Waals surface area contributed by atoms with Crippen LogP contribution in [0.2, 0.25) is 0 Å². The average molecular weight is 213 g/mol. The molecule has 0 fully saturated rings. The van der Waals surface area contributed by atoms with Gasteiger partial charge in [-0.2, -0.15) is 15.3 Å². The molecule has 0 aromatic carbocycles. The van der Waals surface area contributed by atoms with Crippen molar-refractivity contribution in [3.05, 3.63) is 24.7 Å². The van der Waals surface area contributed by atoms with Crippen molar-refractivity contribution in [2.75, 3.05) is 11.6 Å². The van der Waals surface area contributed by atoms with E-state index in [4.69, 9.17) is 0 Å². The monoisotopic (exact) mass is 213 g/mol. The van der Waals surface area contributed by atoms with Gasteiger partial charge in [0.15, 0.2) is 0 Å². The van der Waals surface area contributed by atoms with Crippen LogP contribution in [-0.2, 0) is 0 Å². The molecule has 0 spiro atoms. The van der Waals surface area contributed by atoms with Crippen LogP contribution in [0, 0.1) is 6.20 Å². The number of hydrazone groups is 1. The van der Waals surface area contributed by atoms with Crippen molar-refractivity contribution in [2.24, 2.45) is 5.10 Å². The highest BCUT2D eigenvalue weighted by molar-refractivity contribution is 5.76. The van der Waals surface area contributed by atoms with Gasteiger partial charge in [0.25, 0.3) is 0 Å². The van der Waals surface area contributed by atoms with Crippen molar-refractivity contribution in [3.63, 3.8) is 0 Å². The Bertz CT molecular complexity index is 504. The molecule has 79 valence electrons. The molecule has 1 N–H and O–H groups in total. The molecule has 2 aromatic heterocycles. The molecule has 3 rings (SSSR count). The van der Waals surface area contributed by atoms with Crippen LogP contribution in [0.25, 0.3) is 11.3 Å². The van der Waals surface area contributed by atoms with Crippen molar-refractivity contribution >= 4 is 11.9 Å². The van der Waals surface area contributed by atoms with Crippen LogP contribution in [0.5, 0.6) is 0 Å². The fraction of sp³-hybridized carbons (Fsp3) is 0.200. The molecule has 1 aliphatic heterocycles. The van der Waals surface area contributed by atoms with E-state index in [1.54, 1.807) is 12.4 Å². The summed E-state index contributed by atoms with van der Waals surface area (Å²) in [6.45, 7) is 0.858. The molecule has 2 aromatic rings. The van der Waals surface area contributed by atoms with E-state index in [9.17, 15) is 0 Å². The largest absolute Gasteiger partial charge is 0.285 e. The lowest BCUT2D eigenvalue weighted by Crippen LogP contribution is -2.13. The number of nitrogens with zero attached hydrogens (tertiary/aromatic N) is 5. The zero-order valence-corrected chi connectivity index (χ0v) is 8.46. The summed E-state index contributed by atoms with van der Waals surface area (Å²) in [6.07, 6.45) is 9.14. The Balaban J connectivity index is 2.07. The van der Waals surface area contributed by atoms with Crippen LogP contribution in [-0.4, -0.2) is 33.2 Å². The molecule has 0 amide bonds. The Morgan fingerprint density at radius 3 is 3.19 bits per heavy atom. The molecule has 0 unspecified atom stereocenters. The van der Waals surface area contributed by atoms with Crippen LogP contribution in [0.4, 0.5) is 5.69 Å². The highest BCUT2D eigenvalue weighted by Gasteiger charge is 2.16. The Morgan fingerprint density at radius 1 is 1.44 bits per heavy atom. The fourth-order valence-electron chi connectivity index (χ4n) is 1.64. The van der Waals surface area contributed by atoms with Crippen molar-refractivity contribution in [3.8, 4) is 11.3 Å². The van der Waals surface area contributed by atoms with Gasteiger partial charge in [0.2, 0.25) is 0 Å². The minimum Gasteiger partial charge on any atom is -0.285 e. The summed E-state index contributed by atoms with van der Waals surface area (Å²) in [4.78, 5) is 0. The molecule has 6 nitrogen and oxygen atoms in total. The summed E-state index contributed by atoms with van der Waals surface area (Å²) in [5.41, 5.74) is 2.50. The molecule has 1 aliphatic rings. The number of hydrogen-bond donors (Lipinski definition) is 1. The Morgan fingerprint density at radius 2 is 2.44 bits per heavy atom. The zero-order chi connectivity index (χ0) is 10.8. The number of H-pyrrole nitrogens is 1. The van der Waals surface area contributed by atoms with E-state index in [2.05, 4.69) is 31.7 Å². The van der Waals surface area contributed by atoms with E-state index in [-0.39, 0.29) is 0 Å². The van der Waals surface area contributed by atoms with Crippen molar-refractivity contribution in [1.29, 1.82) is 0 Å². The molecular weight excluding hydrogens is 204 g/mol. The number of rotatable bonds is 2. The van der Waals surface area contributed by atoms with Gasteiger partial charge in [0, 0.05) is 25.4 Å². The van der Waals surface area contributed by atoms with Gasteiger partial charge in [0.1, 0.15) is 6.20 Å². The summed E-state index contributed by atoms with van der Waals surface area (Å²) < 4.78 is 0. The third kappa shape index (κ3) is 1.44. The van der Waals surface area contributed by atoms with Gasteiger partial charge >= 0.3 is 0 Å². The maximum atomic E-state index is 4.26. The predicted molar refractivity (Wildman–Crippen MR) is 58.9 cm³/mol. The highest BCUT2D eigenvalue weighted by Crippen LogP contribution is 2.28. The number of aromatic amines is 1. The number of anilines is 1. The summed E-state index contributed by atoms with van der Waals surface area (Å²) in [6, 6.07) is 1.87. The standard InChI is InChI=1S/C10H9N6/c1-3-14-16(5-1)10-7-13-12-6-8(10)9-2-4-11-15-9/h2-4,7H,1,5H2,(H,11,15). The van der Waals surface area contributed by atoms with Gasteiger partial charge in [-0.3, -0.25) is 10.1 Å². The minimum atomic E-state index is 0.798. The predicted octanol–water partition coefficient (Wildman–Crippen LogP) is 0.863. The Hall–Kier alpha value is -2.24. The van der Waals surface area contributed by atoms with E-state index < -0.39 is 0 Å². The first-order chi connectivity index (χ1) is 7.95. The smallest absolute Gasteiger partial charge is 0.126 e. The van der Waals surface area contributed by atoms with Gasteiger partial charge in [0.05, 0.1) is 23.1 Å². The van der Waals surface area contributed by atoms with E-state index >= 15 is 0 Å². The molecule has 0 atom stereocenters. The van der Waals surface area contributed by atoms with E-state index in [1.807, 2.05) is 17.3 Å². The first-order valence-electron chi connectivity index (χ1n) is 4.98. The van der Waals surface area contributed by atoms with Crippen molar-refractivity contribution < 1.29 is 0 Å². The second-order valence-corrected chi connectivity index (χ2v) is 3.39. The van der Waals surface area contributed by atoms with E-state index in [0.717, 1.165) is 29.9 Å². The molecular formula is C10H9N6. The first kappa shape index (κ1) is 9.02. The van der Waals surface area contributed by atoms with Gasteiger partial charge in [-0.1, -0.05) is 0 Å². The van der Waals surface area contributed by atoms with Gasteiger partial charge in [-0.15, -0.1) is 5.10 Å². The molecule has 0 bridgehead atoms. The number of nitrogens with one attached hydrogen (secondary N) is 1. The molecule has 0 saturated carbocycles. The lowest BCUT2D eigenvalue weighted by Gasteiger charge is -2.15. The molecule has 6 heteroatoms. The maximum Gasteiger partial charge on any atom is 0.126 e. The highest BCUT2D eigenvalue weighted by atomic mass is 15.5. The van der Waals surface area contributed by atoms with Crippen LogP contribution in [0.3, 0.4) is 0 Å². The van der Waals surface area contributed by atoms with Crippen LogP contribution >= 0.6 is 0 Å². The number of aromatic nitrogens is 4. The molecule has 3 heterocycles. The van der Waals surface area contributed by atoms with E-state index in [1.165, 1.54) is 0 Å². The van der Waals surface area contributed by atoms with Crippen LogP contribution < -0.4 is 5.01 Å². The van der Waals surface area contributed by atoms with Crippen molar-refractivity contribution in [2.45, 2.75) is 6.42 Å². The first-order valence-corrected chi connectivity index (χ1v) is 4.98. The third-order valence-corrected chi connectivity index (χ3v) is 2.38. The number of hydrogen-bond acceptors (Lipinski definition) is 5. The lowest BCUT2D eigenvalue weighted by atomic mass is 10.2. The maximum absolute atomic E-state index is 4.26. The fourth-order valence-corrected chi connectivity index (χ4v) is 1.64. The third-order valence-electron chi connectivity index (χ3n) is 2.38. The average Bonchev–Trinajstić information content (AvgIpc) is 3.03. The van der Waals surface area contributed by atoms with Crippen LogP contribution in [0.1, 0.15) is 6.42 Å². The van der Waals surface area contributed by atoms with Gasteiger partial charge in [-0.25, -0.2) is 0 Å². The molecule has 1 radical (unpaired) electrons. The SMILES string of the molecule is [c]1nncc(N2CCC=N2)c1-c1cc[nH]n1. The molecule has 0 aliphatic carbocycles. The van der Waals surface area contributed by atoms with Crippen molar-refractivity contribution in [1.82, 2.24) is 20.4 Å². The molecule has 16 heavy (non-hydrogen) atoms.